The van der Waals surface area contributed by atoms with E-state index < -0.39 is 43.1 Å². The van der Waals surface area contributed by atoms with E-state index >= 15 is 0 Å². The largest absolute Gasteiger partial charge is 0.512 e. The maximum atomic E-state index is 11.5. The standard InChI is InChI=1S/C10H27N3OP.C2HF6NO4S2/c1-8-9-10-14-15(11(2)3,12(4)5)13(6)7;3-1(4,5)14(10,11)9-15(12,13)2(6,7)8/h8-10H2,1-7H3;9H/q+1;. The Hall–Kier alpha value is -0.290. The van der Waals surface area contributed by atoms with Crippen LogP contribution in [-0.4, -0.2) is 90.8 Å². The molecule has 0 saturated carbocycles. The summed E-state index contributed by atoms with van der Waals surface area (Å²) in [5, 5.41) is 0. The summed E-state index contributed by atoms with van der Waals surface area (Å²) in [4.78, 5) is 0. The van der Waals surface area contributed by atoms with Crippen LogP contribution < -0.4 is 4.13 Å². The Balaban J connectivity index is 0. The summed E-state index contributed by atoms with van der Waals surface area (Å²) in [6, 6.07) is 0. The smallest absolute Gasteiger partial charge is 0.202 e. The number of hydrogen-bond donors (Lipinski definition) is 1. The van der Waals surface area contributed by atoms with Crippen molar-refractivity contribution in [3.63, 3.8) is 0 Å². The minimum absolute atomic E-state index is 0.493. The van der Waals surface area contributed by atoms with Crippen molar-refractivity contribution in [3.05, 3.63) is 0 Å². The average Bonchev–Trinajstić information content (AvgIpc) is 2.47. The van der Waals surface area contributed by atoms with Crippen LogP contribution in [0.4, 0.5) is 26.3 Å². The molecule has 30 heavy (non-hydrogen) atoms. The Morgan fingerprint density at radius 1 is 0.767 bits per heavy atom. The fourth-order valence-electron chi connectivity index (χ4n) is 1.99. The summed E-state index contributed by atoms with van der Waals surface area (Å²) in [7, 11) is -2.44. The number of sulfonamides is 2. The zero-order valence-corrected chi connectivity index (χ0v) is 20.1. The van der Waals surface area contributed by atoms with E-state index in [-0.39, 0.29) is 0 Å². The molecule has 0 aromatic rings. The molecule has 18 heteroatoms. The minimum atomic E-state index is -6.60. The van der Waals surface area contributed by atoms with Crippen molar-refractivity contribution in [3.8, 4) is 0 Å². The van der Waals surface area contributed by atoms with Crippen LogP contribution in [0.3, 0.4) is 0 Å². The number of halogens is 6. The first-order valence-corrected chi connectivity index (χ1v) is 12.6. The van der Waals surface area contributed by atoms with Crippen molar-refractivity contribution >= 4 is 28.0 Å². The van der Waals surface area contributed by atoms with Gasteiger partial charge in [-0.15, -0.1) is 14.0 Å². The first-order valence-electron chi connectivity index (χ1n) is 8.08. The molecule has 0 aliphatic heterocycles. The molecule has 0 aromatic heterocycles. The summed E-state index contributed by atoms with van der Waals surface area (Å²) >= 11 is 0. The molecule has 0 fully saturated rings. The Morgan fingerprint density at radius 3 is 1.27 bits per heavy atom. The lowest BCUT2D eigenvalue weighted by molar-refractivity contribution is -0.0476. The first-order chi connectivity index (χ1) is 13.1. The van der Waals surface area contributed by atoms with E-state index in [1.807, 2.05) is 0 Å². The SMILES string of the molecule is CCCCO[P+](N(C)C)(N(C)C)N(C)C.O=S(=O)(NS(=O)(=O)C(F)(F)F)C(F)(F)F. The predicted octanol–water partition coefficient (Wildman–Crippen LogP) is 2.44. The van der Waals surface area contributed by atoms with Gasteiger partial charge in [0.2, 0.25) is 0 Å². The molecular weight excluding hydrogens is 489 g/mol. The maximum absolute atomic E-state index is 11.5. The van der Waals surface area contributed by atoms with Crippen molar-refractivity contribution in [1.82, 2.24) is 18.1 Å². The Bertz CT molecular complexity index is 663. The number of unbranched alkanes of at least 4 members (excludes halogenated alkanes) is 1. The van der Waals surface area contributed by atoms with Gasteiger partial charge >= 0.3 is 39.0 Å². The van der Waals surface area contributed by atoms with Crippen molar-refractivity contribution in [2.24, 2.45) is 0 Å². The number of alkyl halides is 6. The molecule has 0 rings (SSSR count). The summed E-state index contributed by atoms with van der Waals surface area (Å²) in [5.74, 6) is 0. The molecule has 0 bridgehead atoms. The third-order valence-electron chi connectivity index (χ3n) is 3.15. The third kappa shape index (κ3) is 8.68. The molecule has 0 aromatic carbocycles. The average molecular weight is 517 g/mol. The normalized spacial score (nSPS) is 14.3. The van der Waals surface area contributed by atoms with Crippen LogP contribution in [0.1, 0.15) is 19.8 Å². The maximum Gasteiger partial charge on any atom is 0.512 e. The second-order valence-corrected chi connectivity index (χ2v) is 13.5. The number of nitrogens with zero attached hydrogens (tertiary/aromatic N) is 3. The van der Waals surface area contributed by atoms with Gasteiger partial charge in [-0.1, -0.05) is 17.5 Å². The highest BCUT2D eigenvalue weighted by atomic mass is 32.3. The second-order valence-electron chi connectivity index (χ2n) is 6.22. The van der Waals surface area contributed by atoms with Gasteiger partial charge < -0.3 is 0 Å². The van der Waals surface area contributed by atoms with Crippen molar-refractivity contribution in [1.29, 1.82) is 0 Å². The lowest BCUT2D eigenvalue weighted by atomic mass is 10.4. The molecule has 0 heterocycles. The van der Waals surface area contributed by atoms with Crippen LogP contribution in [-0.2, 0) is 24.6 Å². The molecule has 0 aliphatic carbocycles. The Kier molecular flexibility index (Phi) is 12.3. The van der Waals surface area contributed by atoms with Gasteiger partial charge in [0.15, 0.2) is 0 Å². The molecular formula is C12H28F6N4O5PS2+. The fourth-order valence-corrected chi connectivity index (χ4v) is 7.11. The topological polar surface area (TPSA) is 99.3 Å². The van der Waals surface area contributed by atoms with E-state index in [0.717, 1.165) is 13.0 Å². The lowest BCUT2D eigenvalue weighted by Crippen LogP contribution is -2.45. The van der Waals surface area contributed by atoms with Gasteiger partial charge in [-0.25, -0.2) is 16.8 Å². The van der Waals surface area contributed by atoms with E-state index in [1.54, 1.807) is 0 Å². The molecule has 184 valence electrons. The highest BCUT2D eigenvalue weighted by molar-refractivity contribution is 8.05. The number of rotatable bonds is 9. The van der Waals surface area contributed by atoms with Gasteiger partial charge in [-0.2, -0.15) is 30.9 Å². The van der Waals surface area contributed by atoms with Gasteiger partial charge in [-0.05, 0) is 6.42 Å². The molecule has 0 radical (unpaired) electrons. The predicted molar refractivity (Wildman–Crippen MR) is 102 cm³/mol. The lowest BCUT2D eigenvalue weighted by Gasteiger charge is -2.37. The minimum Gasteiger partial charge on any atom is -0.202 e. The fraction of sp³-hybridized carbons (Fsp3) is 1.00. The van der Waals surface area contributed by atoms with Gasteiger partial charge in [-0.3, -0.25) is 0 Å². The van der Waals surface area contributed by atoms with Gasteiger partial charge in [0, 0.05) is 42.3 Å². The van der Waals surface area contributed by atoms with Gasteiger partial charge in [0.1, 0.15) is 0 Å². The van der Waals surface area contributed by atoms with Crippen LogP contribution >= 0.6 is 7.94 Å². The van der Waals surface area contributed by atoms with Crippen molar-refractivity contribution < 1.29 is 47.7 Å². The molecule has 0 spiro atoms. The van der Waals surface area contributed by atoms with Gasteiger partial charge in [0.25, 0.3) is 0 Å². The second kappa shape index (κ2) is 11.5. The van der Waals surface area contributed by atoms with Crippen molar-refractivity contribution in [2.75, 3.05) is 48.9 Å². The van der Waals surface area contributed by atoms with E-state index in [4.69, 9.17) is 4.52 Å². The molecule has 0 atom stereocenters. The zero-order valence-electron chi connectivity index (χ0n) is 17.5. The molecule has 0 aliphatic rings. The number of nitrogens with one attached hydrogen (secondary N) is 1. The highest BCUT2D eigenvalue weighted by Crippen LogP contribution is 2.64. The van der Waals surface area contributed by atoms with Crippen LogP contribution in [0, 0.1) is 0 Å². The molecule has 0 unspecified atom stereocenters. The van der Waals surface area contributed by atoms with Crippen LogP contribution in [0.15, 0.2) is 0 Å². The first kappa shape index (κ1) is 31.9. The quantitative estimate of drug-likeness (QED) is 0.283. The van der Waals surface area contributed by atoms with Gasteiger partial charge in [0.05, 0.1) is 6.61 Å². The monoisotopic (exact) mass is 517 g/mol. The molecule has 9 nitrogen and oxygen atoms in total. The number of hydrogen-bond acceptors (Lipinski definition) is 8. The Labute approximate surface area is 174 Å². The Morgan fingerprint density at radius 2 is 1.07 bits per heavy atom. The van der Waals surface area contributed by atoms with Crippen LogP contribution in [0.2, 0.25) is 0 Å². The molecule has 0 saturated heterocycles. The van der Waals surface area contributed by atoms with Crippen LogP contribution in [0.25, 0.3) is 0 Å². The third-order valence-corrected chi connectivity index (χ3v) is 9.78. The molecule has 0 amide bonds. The van der Waals surface area contributed by atoms with E-state index in [0.29, 0.717) is 0 Å². The van der Waals surface area contributed by atoms with Crippen LogP contribution in [0.5, 0.6) is 0 Å². The van der Waals surface area contributed by atoms with E-state index in [9.17, 15) is 43.2 Å². The van der Waals surface area contributed by atoms with E-state index in [1.165, 1.54) is 6.42 Å². The summed E-state index contributed by atoms with van der Waals surface area (Å²) in [6.45, 7) is 3.02. The molecule has 1 N–H and O–H groups in total. The van der Waals surface area contributed by atoms with E-state index in [2.05, 4.69) is 63.2 Å². The highest BCUT2D eigenvalue weighted by Gasteiger charge is 2.55. The summed E-state index contributed by atoms with van der Waals surface area (Å²) in [5.41, 5.74) is -12.3. The summed E-state index contributed by atoms with van der Waals surface area (Å²) < 4.78 is 121. The summed E-state index contributed by atoms with van der Waals surface area (Å²) in [6.07, 6.45) is 2.30. The van der Waals surface area contributed by atoms with Crippen molar-refractivity contribution in [2.45, 2.75) is 30.8 Å². The zero-order chi connectivity index (χ0) is 24.8.